The van der Waals surface area contributed by atoms with Gasteiger partial charge < -0.3 is 16.2 Å². The number of nitrogens with zero attached hydrogens (tertiary/aromatic N) is 5. The van der Waals surface area contributed by atoms with Gasteiger partial charge in [-0.25, -0.2) is 9.97 Å². The predicted molar refractivity (Wildman–Crippen MR) is 184 cm³/mol. The Hall–Kier alpha value is -6.21. The van der Waals surface area contributed by atoms with Crippen molar-refractivity contribution in [2.24, 2.45) is 12.8 Å². The molecule has 0 aliphatic rings. The number of carbonyl (C=O) groups is 1. The Morgan fingerprint density at radius 1 is 0.979 bits per heavy atom. The number of primary amides is 1. The molecule has 0 unspecified atom stereocenters. The predicted octanol–water partition coefficient (Wildman–Crippen LogP) is 5.30. The lowest BCUT2D eigenvalue weighted by atomic mass is 10.0. The second kappa shape index (κ2) is 14.3. The maximum Gasteiger partial charge on any atom is 0.271 e. The summed E-state index contributed by atoms with van der Waals surface area (Å²) in [5.74, 6) is 6.29. The summed E-state index contributed by atoms with van der Waals surface area (Å²) in [5, 5.41) is 5.83. The van der Waals surface area contributed by atoms with Crippen LogP contribution in [0.1, 0.15) is 48.2 Å². The highest BCUT2D eigenvalue weighted by Gasteiger charge is 2.13. The van der Waals surface area contributed by atoms with Crippen LogP contribution in [0.5, 0.6) is 5.75 Å². The average Bonchev–Trinajstić information content (AvgIpc) is 3.49. The lowest BCUT2D eigenvalue weighted by molar-refractivity contribution is 0.0996. The lowest BCUT2D eigenvalue weighted by Crippen LogP contribution is -2.22. The number of hydrogen-bond acceptors (Lipinski definition) is 7. The quantitative estimate of drug-likeness (QED) is 0.239. The number of benzene rings is 3. The third-order valence-electron chi connectivity index (χ3n) is 7.09. The van der Waals surface area contributed by atoms with Crippen LogP contribution in [0.4, 0.5) is 5.82 Å². The fourth-order valence-electron chi connectivity index (χ4n) is 4.95. The van der Waals surface area contributed by atoms with E-state index in [1.807, 2.05) is 106 Å². The molecule has 0 atom stereocenters. The van der Waals surface area contributed by atoms with Gasteiger partial charge in [0.15, 0.2) is 11.5 Å². The number of fused-ring (bicyclic) bond motifs is 1. The monoisotopic (exact) mass is 625 g/mol. The zero-order chi connectivity index (χ0) is 33.5. The van der Waals surface area contributed by atoms with E-state index in [4.69, 9.17) is 16.2 Å². The third-order valence-corrected chi connectivity index (χ3v) is 7.09. The van der Waals surface area contributed by atoms with E-state index in [2.05, 4.69) is 39.9 Å². The molecule has 3 aromatic heterocycles. The van der Waals surface area contributed by atoms with Crippen molar-refractivity contribution in [1.29, 1.82) is 0 Å². The van der Waals surface area contributed by atoms with Crippen LogP contribution in [-0.4, -0.2) is 36.3 Å². The SMILES string of the molecule is CC(C)Oc1ccc(-c2cnc(N)c(C(N)=O)n2)cc1.CCc1cc2cccc(C#Cc3ccn(C)n3)c2c(=O)n1-c1ccccc1. The van der Waals surface area contributed by atoms with Gasteiger partial charge in [-0.05, 0) is 86.2 Å². The number of rotatable bonds is 6. The number of nitrogen functional groups attached to an aromatic ring is 1. The van der Waals surface area contributed by atoms with Crippen LogP contribution in [0, 0.1) is 11.8 Å². The number of para-hydroxylation sites is 1. The highest BCUT2D eigenvalue weighted by molar-refractivity contribution is 5.95. The van der Waals surface area contributed by atoms with Crippen molar-refractivity contribution in [2.75, 3.05) is 5.73 Å². The van der Waals surface area contributed by atoms with Gasteiger partial charge >= 0.3 is 0 Å². The van der Waals surface area contributed by atoms with Gasteiger partial charge in [0.05, 0.1) is 23.4 Å². The molecule has 0 saturated heterocycles. The number of aryl methyl sites for hydroxylation is 2. The summed E-state index contributed by atoms with van der Waals surface area (Å²) in [5.41, 5.74) is 15.3. The van der Waals surface area contributed by atoms with E-state index in [0.717, 1.165) is 40.1 Å². The van der Waals surface area contributed by atoms with Gasteiger partial charge in [0.1, 0.15) is 11.4 Å². The molecule has 10 heteroatoms. The molecule has 47 heavy (non-hydrogen) atoms. The first-order valence-electron chi connectivity index (χ1n) is 15.1. The van der Waals surface area contributed by atoms with Crippen LogP contribution < -0.4 is 21.8 Å². The van der Waals surface area contributed by atoms with E-state index >= 15 is 0 Å². The summed E-state index contributed by atoms with van der Waals surface area (Å²) in [6.07, 6.45) is 4.23. The van der Waals surface area contributed by atoms with Gasteiger partial charge in [0, 0.05) is 35.8 Å². The summed E-state index contributed by atoms with van der Waals surface area (Å²) >= 11 is 0. The molecule has 0 aliphatic heterocycles. The Morgan fingerprint density at radius 3 is 2.36 bits per heavy atom. The number of amides is 1. The first-order valence-corrected chi connectivity index (χ1v) is 15.1. The zero-order valence-corrected chi connectivity index (χ0v) is 26.6. The first kappa shape index (κ1) is 32.2. The maximum absolute atomic E-state index is 13.4. The molecular weight excluding hydrogens is 590 g/mol. The molecule has 0 bridgehead atoms. The Balaban J connectivity index is 0.000000194. The molecule has 3 aromatic carbocycles. The van der Waals surface area contributed by atoms with E-state index in [0.29, 0.717) is 16.8 Å². The molecule has 10 nitrogen and oxygen atoms in total. The Morgan fingerprint density at radius 2 is 1.72 bits per heavy atom. The molecule has 6 aromatic rings. The van der Waals surface area contributed by atoms with Gasteiger partial charge in [-0.3, -0.25) is 18.8 Å². The van der Waals surface area contributed by atoms with Gasteiger partial charge in [-0.2, -0.15) is 5.10 Å². The fraction of sp³-hybridized carbons (Fsp3) is 0.162. The summed E-state index contributed by atoms with van der Waals surface area (Å²) in [6.45, 7) is 5.97. The van der Waals surface area contributed by atoms with Gasteiger partial charge in [-0.15, -0.1) is 0 Å². The van der Waals surface area contributed by atoms with Crippen molar-refractivity contribution < 1.29 is 9.53 Å². The fourth-order valence-corrected chi connectivity index (χ4v) is 4.95. The molecule has 0 fully saturated rings. The molecule has 0 saturated carbocycles. The van der Waals surface area contributed by atoms with Gasteiger partial charge in [-0.1, -0.05) is 43.2 Å². The van der Waals surface area contributed by atoms with Crippen molar-refractivity contribution in [2.45, 2.75) is 33.3 Å². The number of ether oxygens (including phenoxy) is 1. The molecule has 6 rings (SSSR count). The zero-order valence-electron chi connectivity index (χ0n) is 26.6. The highest BCUT2D eigenvalue weighted by Crippen LogP contribution is 2.23. The minimum Gasteiger partial charge on any atom is -0.491 e. The number of hydrogen-bond donors (Lipinski definition) is 2. The van der Waals surface area contributed by atoms with Crippen molar-refractivity contribution in [3.63, 3.8) is 0 Å². The standard InChI is InChI=1S/C23H19N3O.C14H16N4O2/c1-3-20-16-18-9-7-8-17(12-13-19-14-15-25(2)24-19)22(18)23(27)26(20)21-10-5-4-6-11-21;1-8(2)20-10-5-3-9(4-6-10)11-7-17-13(15)12(18-11)14(16)19/h4-11,14-16H,3H2,1-2H3;3-8H,1-2H3,(H2,15,17)(H2,16,19). The Kier molecular flexibility index (Phi) is 9.77. The normalized spacial score (nSPS) is 10.6. The van der Waals surface area contributed by atoms with Crippen LogP contribution in [0.15, 0.2) is 102 Å². The van der Waals surface area contributed by atoms with Crippen LogP contribution in [0.25, 0.3) is 27.7 Å². The average molecular weight is 626 g/mol. The highest BCUT2D eigenvalue weighted by atomic mass is 16.5. The van der Waals surface area contributed by atoms with Crippen LogP contribution >= 0.6 is 0 Å². The lowest BCUT2D eigenvalue weighted by Gasteiger charge is -2.14. The van der Waals surface area contributed by atoms with Crippen LogP contribution in [-0.2, 0) is 13.5 Å². The van der Waals surface area contributed by atoms with Crippen molar-refractivity contribution in [1.82, 2.24) is 24.3 Å². The minimum atomic E-state index is -0.698. The summed E-state index contributed by atoms with van der Waals surface area (Å²) < 4.78 is 9.05. The second-order valence-electron chi connectivity index (χ2n) is 10.9. The largest absolute Gasteiger partial charge is 0.491 e. The number of nitrogens with two attached hydrogens (primary N) is 2. The molecule has 4 N–H and O–H groups in total. The summed E-state index contributed by atoms with van der Waals surface area (Å²) in [7, 11) is 1.86. The summed E-state index contributed by atoms with van der Waals surface area (Å²) in [6, 6.07) is 26.8. The molecule has 236 valence electrons. The number of carbonyl (C=O) groups excluding carboxylic acids is 1. The first-order chi connectivity index (χ1) is 22.6. The van der Waals surface area contributed by atoms with Gasteiger partial charge in [0.25, 0.3) is 11.5 Å². The van der Waals surface area contributed by atoms with Gasteiger partial charge in [0.2, 0.25) is 0 Å². The van der Waals surface area contributed by atoms with E-state index < -0.39 is 5.91 Å². The Bertz CT molecular complexity index is 2160. The Labute approximate surface area is 272 Å². The van der Waals surface area contributed by atoms with E-state index in [1.165, 1.54) is 6.20 Å². The second-order valence-corrected chi connectivity index (χ2v) is 10.9. The van der Waals surface area contributed by atoms with E-state index in [1.54, 1.807) is 9.25 Å². The molecule has 1 amide bonds. The summed E-state index contributed by atoms with van der Waals surface area (Å²) in [4.78, 5) is 32.7. The number of aromatic nitrogens is 5. The minimum absolute atomic E-state index is 0.0231. The number of pyridine rings is 1. The molecule has 0 spiro atoms. The van der Waals surface area contributed by atoms with Crippen molar-refractivity contribution >= 4 is 22.5 Å². The maximum atomic E-state index is 13.4. The third kappa shape index (κ3) is 7.54. The molecule has 3 heterocycles. The van der Waals surface area contributed by atoms with Crippen molar-refractivity contribution in [3.8, 4) is 34.5 Å². The molecule has 0 aliphatic carbocycles. The van der Waals surface area contributed by atoms with Crippen LogP contribution in [0.2, 0.25) is 0 Å². The smallest absolute Gasteiger partial charge is 0.271 e. The number of anilines is 1. The van der Waals surface area contributed by atoms with E-state index in [-0.39, 0.29) is 23.2 Å². The van der Waals surface area contributed by atoms with Crippen molar-refractivity contribution in [3.05, 3.63) is 130 Å². The van der Waals surface area contributed by atoms with Crippen LogP contribution in [0.3, 0.4) is 0 Å². The topological polar surface area (TPSA) is 144 Å². The molecular formula is C37H35N7O3. The van der Waals surface area contributed by atoms with E-state index in [9.17, 15) is 9.59 Å². The molecule has 0 radical (unpaired) electrons.